The topological polar surface area (TPSA) is 162 Å². The van der Waals surface area contributed by atoms with E-state index in [2.05, 4.69) is 20.0 Å². The van der Waals surface area contributed by atoms with E-state index >= 15 is 0 Å². The zero-order valence-electron chi connectivity index (χ0n) is 21.1. The molecule has 13 nitrogen and oxygen atoms in total. The first-order valence-corrected chi connectivity index (χ1v) is 13.4. The minimum atomic E-state index is -3.99. The lowest BCUT2D eigenvalue weighted by atomic mass is 10.1. The SMILES string of the molecule is CCOC(=O)[C@H](C)NP(=O)(OCC1CC(C)C(n2cnc3c(OC)nc(N)nc32)O1)Oc1ccccc1. The molecule has 4 unspecified atom stereocenters. The highest BCUT2D eigenvalue weighted by molar-refractivity contribution is 7.52. The molecule has 0 aliphatic carbocycles. The molecule has 1 aliphatic rings. The summed E-state index contributed by atoms with van der Waals surface area (Å²) in [6.45, 7) is 5.37. The van der Waals surface area contributed by atoms with Gasteiger partial charge in [-0.1, -0.05) is 25.1 Å². The molecule has 0 spiro atoms. The van der Waals surface area contributed by atoms with Gasteiger partial charge in [0.05, 0.1) is 32.8 Å². The van der Waals surface area contributed by atoms with Crippen molar-refractivity contribution in [3.05, 3.63) is 36.7 Å². The molecule has 1 saturated heterocycles. The summed E-state index contributed by atoms with van der Waals surface area (Å²) in [7, 11) is -2.51. The molecule has 3 heterocycles. The van der Waals surface area contributed by atoms with Crippen molar-refractivity contribution in [1.82, 2.24) is 24.6 Å². The molecule has 1 aliphatic heterocycles. The molecule has 1 fully saturated rings. The number of nitrogen functional groups attached to an aromatic ring is 1. The number of nitrogens with one attached hydrogen (secondary N) is 1. The Morgan fingerprint density at radius 2 is 2.08 bits per heavy atom. The summed E-state index contributed by atoms with van der Waals surface area (Å²) in [6.07, 6.45) is 1.34. The third kappa shape index (κ3) is 6.19. The number of imidazole rings is 1. The number of carbonyl (C=O) groups excluding carboxylic acids is 1. The van der Waals surface area contributed by atoms with Crippen LogP contribution in [0, 0.1) is 5.92 Å². The van der Waals surface area contributed by atoms with Gasteiger partial charge in [-0.15, -0.1) is 0 Å². The molecule has 5 atom stereocenters. The van der Waals surface area contributed by atoms with Crippen molar-refractivity contribution in [2.45, 2.75) is 45.6 Å². The third-order valence-corrected chi connectivity index (χ3v) is 7.36. The highest BCUT2D eigenvalue weighted by atomic mass is 31.2. The smallest absolute Gasteiger partial charge is 0.459 e. The van der Waals surface area contributed by atoms with Gasteiger partial charge in [0.25, 0.3) is 0 Å². The van der Waals surface area contributed by atoms with Crippen LogP contribution in [0.4, 0.5) is 5.95 Å². The van der Waals surface area contributed by atoms with Crippen LogP contribution in [-0.4, -0.2) is 58.0 Å². The number of carbonyl (C=O) groups is 1. The maximum atomic E-state index is 13.7. The van der Waals surface area contributed by atoms with Crippen LogP contribution >= 0.6 is 7.75 Å². The molecule has 37 heavy (non-hydrogen) atoms. The van der Waals surface area contributed by atoms with Crippen molar-refractivity contribution in [3.8, 4) is 11.6 Å². The Balaban J connectivity index is 1.48. The summed E-state index contributed by atoms with van der Waals surface area (Å²) >= 11 is 0. The van der Waals surface area contributed by atoms with Crippen molar-refractivity contribution >= 4 is 30.8 Å². The molecular weight excluding hydrogens is 503 g/mol. The molecule has 4 rings (SSSR count). The van der Waals surface area contributed by atoms with Crippen LogP contribution < -0.4 is 20.1 Å². The van der Waals surface area contributed by atoms with Crippen LogP contribution in [0.15, 0.2) is 36.7 Å². The lowest BCUT2D eigenvalue weighted by Crippen LogP contribution is -2.35. The van der Waals surface area contributed by atoms with Crippen LogP contribution in [0.25, 0.3) is 11.2 Å². The number of anilines is 1. The first-order valence-electron chi connectivity index (χ1n) is 11.9. The van der Waals surface area contributed by atoms with E-state index in [1.807, 2.05) is 6.92 Å². The third-order valence-electron chi connectivity index (χ3n) is 5.72. The van der Waals surface area contributed by atoms with Crippen LogP contribution in [-0.2, 0) is 23.4 Å². The molecule has 14 heteroatoms. The monoisotopic (exact) mass is 534 g/mol. The highest BCUT2D eigenvalue weighted by Crippen LogP contribution is 2.46. The van der Waals surface area contributed by atoms with Crippen LogP contribution in [0.1, 0.15) is 33.4 Å². The minimum absolute atomic E-state index is 0.0361. The van der Waals surface area contributed by atoms with Gasteiger partial charge < -0.3 is 24.5 Å². The molecule has 0 radical (unpaired) electrons. The van der Waals surface area contributed by atoms with E-state index in [-0.39, 0.29) is 31.0 Å². The molecule has 0 amide bonds. The van der Waals surface area contributed by atoms with Crippen molar-refractivity contribution < 1.29 is 32.6 Å². The second-order valence-electron chi connectivity index (χ2n) is 8.58. The van der Waals surface area contributed by atoms with Gasteiger partial charge in [0.2, 0.25) is 11.8 Å². The Bertz CT molecular complexity index is 1270. The van der Waals surface area contributed by atoms with Gasteiger partial charge in [-0.25, -0.2) is 9.55 Å². The standard InChI is InChI=1S/C23H31N6O7P/c1-5-33-22(30)15(3)28-37(31,36-16-9-7-6-8-10-16)34-12-17-11-14(2)21(35-17)29-13-25-18-19(29)26-23(24)27-20(18)32-4/h6-10,13-15,17,21H,5,11-12H2,1-4H3,(H,28,31)(H2,24,26,27)/t14?,15-,17?,21?,37?/m0/s1. The molecular formula is C23H31N6O7P. The second kappa shape index (κ2) is 11.4. The number of hydrogen-bond acceptors (Lipinski definition) is 11. The van der Waals surface area contributed by atoms with Crippen LogP contribution in [0.5, 0.6) is 11.6 Å². The summed E-state index contributed by atoms with van der Waals surface area (Å²) in [5, 5.41) is 2.66. The van der Waals surface area contributed by atoms with Crippen LogP contribution in [0.3, 0.4) is 0 Å². The zero-order valence-corrected chi connectivity index (χ0v) is 22.0. The van der Waals surface area contributed by atoms with Gasteiger partial charge in [-0.05, 0) is 32.4 Å². The van der Waals surface area contributed by atoms with Gasteiger partial charge >= 0.3 is 13.7 Å². The normalized spacial score (nSPS) is 21.9. The number of ether oxygens (including phenoxy) is 3. The Morgan fingerprint density at radius 1 is 1.32 bits per heavy atom. The average Bonchev–Trinajstić information content (AvgIpc) is 3.45. The first kappa shape index (κ1) is 26.8. The molecule has 1 aromatic carbocycles. The van der Waals surface area contributed by atoms with Crippen molar-refractivity contribution in [1.29, 1.82) is 0 Å². The van der Waals surface area contributed by atoms with E-state index in [4.69, 9.17) is 29.0 Å². The summed E-state index contributed by atoms with van der Waals surface area (Å²) < 4.78 is 43.4. The lowest BCUT2D eigenvalue weighted by molar-refractivity contribution is -0.144. The summed E-state index contributed by atoms with van der Waals surface area (Å²) in [5.74, 6) is 0.112. The molecule has 0 bridgehead atoms. The second-order valence-corrected chi connectivity index (χ2v) is 10.3. The largest absolute Gasteiger partial charge is 0.479 e. The highest BCUT2D eigenvalue weighted by Gasteiger charge is 2.38. The molecule has 0 saturated carbocycles. The Labute approximate surface area is 214 Å². The van der Waals surface area contributed by atoms with Crippen molar-refractivity contribution in [3.63, 3.8) is 0 Å². The number of nitrogens with two attached hydrogens (primary N) is 1. The zero-order chi connectivity index (χ0) is 26.6. The number of fused-ring (bicyclic) bond motifs is 1. The Morgan fingerprint density at radius 3 is 2.78 bits per heavy atom. The Kier molecular flexibility index (Phi) is 8.28. The first-order chi connectivity index (χ1) is 17.7. The summed E-state index contributed by atoms with van der Waals surface area (Å²) in [4.78, 5) is 24.9. The van der Waals surface area contributed by atoms with Gasteiger partial charge in [-0.2, -0.15) is 15.1 Å². The van der Waals surface area contributed by atoms with Gasteiger partial charge in [0.1, 0.15) is 18.0 Å². The minimum Gasteiger partial charge on any atom is -0.479 e. The fourth-order valence-corrected chi connectivity index (χ4v) is 5.57. The lowest BCUT2D eigenvalue weighted by Gasteiger charge is -2.24. The summed E-state index contributed by atoms with van der Waals surface area (Å²) in [6, 6.07) is 7.63. The number of para-hydroxylation sites is 1. The molecule has 2 aromatic heterocycles. The Hall–Kier alpha value is -3.25. The van der Waals surface area contributed by atoms with Crippen molar-refractivity contribution in [2.24, 2.45) is 5.92 Å². The van der Waals surface area contributed by atoms with E-state index in [1.54, 1.807) is 48.1 Å². The van der Waals surface area contributed by atoms with E-state index in [0.29, 0.717) is 23.3 Å². The average molecular weight is 535 g/mol. The maximum absolute atomic E-state index is 13.7. The molecule has 3 N–H and O–H groups in total. The fraction of sp³-hybridized carbons (Fsp3) is 0.478. The van der Waals surface area contributed by atoms with Gasteiger partial charge in [-0.3, -0.25) is 13.9 Å². The van der Waals surface area contributed by atoms with Gasteiger partial charge in [0, 0.05) is 5.92 Å². The van der Waals surface area contributed by atoms with Crippen molar-refractivity contribution in [2.75, 3.05) is 26.1 Å². The fourth-order valence-electron chi connectivity index (χ4n) is 4.05. The maximum Gasteiger partial charge on any atom is 0.459 e. The number of rotatable bonds is 11. The van der Waals surface area contributed by atoms with E-state index in [0.717, 1.165) is 0 Å². The van der Waals surface area contributed by atoms with Crippen LogP contribution in [0.2, 0.25) is 0 Å². The molecule has 3 aromatic rings. The number of esters is 1. The van der Waals surface area contributed by atoms with Gasteiger partial charge in [0.15, 0.2) is 11.2 Å². The number of methoxy groups -OCH3 is 1. The van der Waals surface area contributed by atoms with E-state index < -0.39 is 32.1 Å². The number of benzene rings is 1. The number of nitrogens with zero attached hydrogens (tertiary/aromatic N) is 4. The predicted octanol–water partition coefficient (Wildman–Crippen LogP) is 3.09. The predicted molar refractivity (Wildman–Crippen MR) is 134 cm³/mol. The molecule has 200 valence electrons. The number of hydrogen-bond donors (Lipinski definition) is 2. The quantitative estimate of drug-likeness (QED) is 0.273. The van der Waals surface area contributed by atoms with E-state index in [9.17, 15) is 9.36 Å². The number of aromatic nitrogens is 4. The van der Waals surface area contributed by atoms with E-state index in [1.165, 1.54) is 14.0 Å². The summed E-state index contributed by atoms with van der Waals surface area (Å²) in [5.41, 5.74) is 6.78.